The van der Waals surface area contributed by atoms with E-state index < -0.39 is 10.0 Å². The Morgan fingerprint density at radius 3 is 2.47 bits per heavy atom. The third kappa shape index (κ3) is 2.78. The number of nitrogen functional groups attached to an aromatic ring is 1. The number of anilines is 2. The first-order chi connectivity index (χ1) is 7.97. The smallest absolute Gasteiger partial charge is 0.240 e. The Hall–Kier alpha value is -1.53. The van der Waals surface area contributed by atoms with Crippen LogP contribution in [0.5, 0.6) is 0 Å². The van der Waals surface area contributed by atoms with E-state index >= 15 is 0 Å². The molecule has 17 heavy (non-hydrogen) atoms. The SMILES string of the molecule is Nc1ccc(NC2CC=CC2)c(S(N)(=O)=O)c1. The van der Waals surface area contributed by atoms with Gasteiger partial charge < -0.3 is 11.1 Å². The molecular weight excluding hydrogens is 238 g/mol. The number of nitrogens with two attached hydrogens (primary N) is 2. The van der Waals surface area contributed by atoms with Crippen LogP contribution < -0.4 is 16.2 Å². The fourth-order valence-electron chi connectivity index (χ4n) is 1.85. The number of nitrogens with one attached hydrogen (secondary N) is 1. The number of benzene rings is 1. The average Bonchev–Trinajstić information content (AvgIpc) is 2.72. The van der Waals surface area contributed by atoms with Crippen molar-refractivity contribution in [2.24, 2.45) is 5.14 Å². The Balaban J connectivity index is 2.32. The van der Waals surface area contributed by atoms with Crippen LogP contribution in [0.15, 0.2) is 35.2 Å². The molecule has 0 fully saturated rings. The second-order valence-corrected chi connectivity index (χ2v) is 5.61. The van der Waals surface area contributed by atoms with E-state index in [4.69, 9.17) is 10.9 Å². The van der Waals surface area contributed by atoms with Gasteiger partial charge in [0.2, 0.25) is 10.0 Å². The van der Waals surface area contributed by atoms with Gasteiger partial charge in [0, 0.05) is 11.7 Å². The highest BCUT2D eigenvalue weighted by Gasteiger charge is 2.17. The van der Waals surface area contributed by atoms with Crippen LogP contribution in [0.2, 0.25) is 0 Å². The number of sulfonamides is 1. The predicted molar refractivity (Wildman–Crippen MR) is 68.0 cm³/mol. The topological polar surface area (TPSA) is 98.2 Å². The number of primary sulfonamides is 1. The largest absolute Gasteiger partial charge is 0.399 e. The van der Waals surface area contributed by atoms with Crippen molar-refractivity contribution in [3.63, 3.8) is 0 Å². The summed E-state index contributed by atoms with van der Waals surface area (Å²) in [5, 5.41) is 8.33. The molecule has 5 N–H and O–H groups in total. The molecule has 0 spiro atoms. The molecule has 5 nitrogen and oxygen atoms in total. The number of hydrogen-bond acceptors (Lipinski definition) is 4. The van der Waals surface area contributed by atoms with Gasteiger partial charge in [0.05, 0.1) is 5.69 Å². The lowest BCUT2D eigenvalue weighted by Gasteiger charge is -2.16. The molecule has 92 valence electrons. The first-order valence-electron chi connectivity index (χ1n) is 5.30. The quantitative estimate of drug-likeness (QED) is 0.554. The summed E-state index contributed by atoms with van der Waals surface area (Å²) in [6.45, 7) is 0. The van der Waals surface area contributed by atoms with Gasteiger partial charge in [-0.15, -0.1) is 0 Å². The Morgan fingerprint density at radius 1 is 1.24 bits per heavy atom. The van der Waals surface area contributed by atoms with Crippen LogP contribution in [-0.4, -0.2) is 14.5 Å². The van der Waals surface area contributed by atoms with Crippen molar-refractivity contribution in [2.75, 3.05) is 11.1 Å². The molecule has 0 bridgehead atoms. The lowest BCUT2D eigenvalue weighted by atomic mass is 10.2. The van der Waals surface area contributed by atoms with Gasteiger partial charge in [0.25, 0.3) is 0 Å². The molecule has 0 atom stereocenters. The van der Waals surface area contributed by atoms with Crippen molar-refractivity contribution in [1.29, 1.82) is 0 Å². The molecule has 1 aromatic rings. The summed E-state index contributed by atoms with van der Waals surface area (Å²) in [7, 11) is -3.76. The van der Waals surface area contributed by atoms with Crippen LogP contribution in [0.4, 0.5) is 11.4 Å². The molecule has 0 aliphatic heterocycles. The fourth-order valence-corrected chi connectivity index (χ4v) is 2.58. The summed E-state index contributed by atoms with van der Waals surface area (Å²) in [4.78, 5) is 0.0457. The molecule has 0 aromatic heterocycles. The fraction of sp³-hybridized carbons (Fsp3) is 0.273. The van der Waals surface area contributed by atoms with E-state index in [0.29, 0.717) is 11.4 Å². The van der Waals surface area contributed by atoms with Gasteiger partial charge in [-0.05, 0) is 31.0 Å². The van der Waals surface area contributed by atoms with E-state index in [1.165, 1.54) is 6.07 Å². The Kier molecular flexibility index (Phi) is 3.08. The second kappa shape index (κ2) is 4.38. The standard InChI is InChI=1S/C11H15N3O2S/c12-8-5-6-10(11(7-8)17(13,15)16)14-9-3-1-2-4-9/h1-2,5-7,9,14H,3-4,12H2,(H2,13,15,16). The molecule has 1 aliphatic rings. The summed E-state index contributed by atoms with van der Waals surface area (Å²) in [6.07, 6.45) is 5.89. The highest BCUT2D eigenvalue weighted by atomic mass is 32.2. The summed E-state index contributed by atoms with van der Waals surface area (Å²) in [5.74, 6) is 0. The zero-order valence-electron chi connectivity index (χ0n) is 9.26. The van der Waals surface area contributed by atoms with E-state index in [9.17, 15) is 8.42 Å². The minimum Gasteiger partial charge on any atom is -0.399 e. The van der Waals surface area contributed by atoms with Crippen molar-refractivity contribution >= 4 is 21.4 Å². The minimum atomic E-state index is -3.76. The number of rotatable bonds is 3. The third-order valence-electron chi connectivity index (χ3n) is 2.68. The molecule has 0 radical (unpaired) electrons. The monoisotopic (exact) mass is 253 g/mol. The zero-order chi connectivity index (χ0) is 12.5. The van der Waals surface area contributed by atoms with Crippen molar-refractivity contribution < 1.29 is 8.42 Å². The summed E-state index contributed by atoms with van der Waals surface area (Å²) < 4.78 is 22.9. The maximum atomic E-state index is 11.4. The minimum absolute atomic E-state index is 0.0457. The molecule has 0 amide bonds. The van der Waals surface area contributed by atoms with Crippen molar-refractivity contribution in [3.8, 4) is 0 Å². The zero-order valence-corrected chi connectivity index (χ0v) is 10.1. The number of hydrogen-bond donors (Lipinski definition) is 3. The predicted octanol–water partition coefficient (Wildman–Crippen LogP) is 1.05. The van der Waals surface area contributed by atoms with E-state index in [1.807, 2.05) is 0 Å². The second-order valence-electron chi connectivity index (χ2n) is 4.08. The Labute approximate surface area is 101 Å². The molecule has 1 aromatic carbocycles. The molecular formula is C11H15N3O2S. The normalized spacial score (nSPS) is 16.3. The van der Waals surface area contributed by atoms with Gasteiger partial charge >= 0.3 is 0 Å². The summed E-state index contributed by atoms with van der Waals surface area (Å²) in [5.41, 5.74) is 6.46. The average molecular weight is 253 g/mol. The van der Waals surface area contributed by atoms with Gasteiger partial charge in [-0.2, -0.15) is 0 Å². The van der Waals surface area contributed by atoms with Crippen LogP contribution in [-0.2, 0) is 10.0 Å². The van der Waals surface area contributed by atoms with Crippen LogP contribution >= 0.6 is 0 Å². The van der Waals surface area contributed by atoms with Gasteiger partial charge in [-0.1, -0.05) is 12.2 Å². The highest BCUT2D eigenvalue weighted by molar-refractivity contribution is 7.89. The van der Waals surface area contributed by atoms with Gasteiger partial charge in [-0.25, -0.2) is 13.6 Å². The lowest BCUT2D eigenvalue weighted by molar-refractivity contribution is 0.598. The first-order valence-corrected chi connectivity index (χ1v) is 6.85. The van der Waals surface area contributed by atoms with E-state index in [-0.39, 0.29) is 10.9 Å². The van der Waals surface area contributed by atoms with Crippen LogP contribution in [0.1, 0.15) is 12.8 Å². The van der Waals surface area contributed by atoms with Gasteiger partial charge in [0.1, 0.15) is 4.90 Å². The third-order valence-corrected chi connectivity index (χ3v) is 3.63. The molecule has 0 heterocycles. The summed E-state index contributed by atoms with van der Waals surface area (Å²) >= 11 is 0. The van der Waals surface area contributed by atoms with Crippen LogP contribution in [0, 0.1) is 0 Å². The van der Waals surface area contributed by atoms with Gasteiger partial charge in [-0.3, -0.25) is 0 Å². The molecule has 0 saturated carbocycles. The first kappa shape index (κ1) is 11.9. The van der Waals surface area contributed by atoms with Crippen molar-refractivity contribution in [1.82, 2.24) is 0 Å². The van der Waals surface area contributed by atoms with E-state index in [0.717, 1.165) is 12.8 Å². The molecule has 0 unspecified atom stereocenters. The molecule has 2 rings (SSSR count). The lowest BCUT2D eigenvalue weighted by Crippen LogP contribution is -2.20. The van der Waals surface area contributed by atoms with E-state index in [1.54, 1.807) is 12.1 Å². The maximum absolute atomic E-state index is 11.4. The van der Waals surface area contributed by atoms with Crippen molar-refractivity contribution in [2.45, 2.75) is 23.8 Å². The highest BCUT2D eigenvalue weighted by Crippen LogP contribution is 2.25. The van der Waals surface area contributed by atoms with Crippen LogP contribution in [0.25, 0.3) is 0 Å². The Morgan fingerprint density at radius 2 is 1.88 bits per heavy atom. The molecule has 1 aliphatic carbocycles. The van der Waals surface area contributed by atoms with Crippen molar-refractivity contribution in [3.05, 3.63) is 30.4 Å². The maximum Gasteiger partial charge on any atom is 0.240 e. The van der Waals surface area contributed by atoms with Crippen LogP contribution in [0.3, 0.4) is 0 Å². The van der Waals surface area contributed by atoms with Gasteiger partial charge in [0.15, 0.2) is 0 Å². The summed E-state index contributed by atoms with van der Waals surface area (Å²) in [6, 6.07) is 4.89. The Bertz CT molecular complexity index is 544. The molecule has 0 saturated heterocycles. The molecule has 6 heteroatoms. The van der Waals surface area contributed by atoms with E-state index in [2.05, 4.69) is 17.5 Å².